The lowest BCUT2D eigenvalue weighted by molar-refractivity contribution is -0.114. The molecule has 1 rings (SSSR count). The van der Waals surface area contributed by atoms with Gasteiger partial charge in [0.15, 0.2) is 0 Å². The molecule has 0 spiro atoms. The number of benzene rings is 1. The Morgan fingerprint density at radius 3 is 2.15 bits per heavy atom. The Morgan fingerprint density at radius 2 is 1.77 bits per heavy atom. The van der Waals surface area contributed by atoms with Gasteiger partial charge in [0.2, 0.25) is 5.91 Å². The molecule has 0 saturated carbocycles. The van der Waals surface area contributed by atoms with Gasteiger partial charge >= 0.3 is 0 Å². The van der Waals surface area contributed by atoms with Crippen molar-refractivity contribution in [1.29, 1.82) is 0 Å². The van der Waals surface area contributed by atoms with Gasteiger partial charge in [0.1, 0.15) is 5.82 Å². The van der Waals surface area contributed by atoms with Crippen LogP contribution in [0.5, 0.6) is 0 Å². The number of hydrogen-bond donors (Lipinski definition) is 1. The molecular formula is C10H16FNO. The molecule has 0 fully saturated rings. The van der Waals surface area contributed by atoms with Gasteiger partial charge in [0.25, 0.3) is 0 Å². The van der Waals surface area contributed by atoms with Gasteiger partial charge in [-0.2, -0.15) is 0 Å². The number of nitrogens with one attached hydrogen (secondary N) is 1. The molecule has 1 amide bonds. The molecule has 1 N–H and O–H groups in total. The summed E-state index contributed by atoms with van der Waals surface area (Å²) in [6.45, 7) is 5.41. The molecule has 0 aromatic heterocycles. The predicted octanol–water partition coefficient (Wildman–Crippen LogP) is 3.06. The zero-order chi connectivity index (χ0) is 10.3. The molecule has 0 aliphatic rings. The first-order valence-corrected chi connectivity index (χ1v) is 4.21. The lowest BCUT2D eigenvalue weighted by Crippen LogP contribution is -2.05. The second-order valence-electron chi connectivity index (χ2n) is 2.19. The van der Waals surface area contributed by atoms with Crippen molar-refractivity contribution in [3.63, 3.8) is 0 Å². The van der Waals surface area contributed by atoms with Gasteiger partial charge in [0, 0.05) is 14.0 Å². The number of amides is 1. The standard InChI is InChI=1S/C8H8FNO.C2H6.H2/c1-6(11)10-8-4-2-7(9)3-5-8;1-2;/h2-5H,1H3,(H,10,11);1-2H3;1H. The van der Waals surface area contributed by atoms with E-state index < -0.39 is 0 Å². The molecule has 0 saturated heterocycles. The van der Waals surface area contributed by atoms with Crippen LogP contribution < -0.4 is 5.32 Å². The molecule has 74 valence electrons. The van der Waals surface area contributed by atoms with Gasteiger partial charge in [-0.1, -0.05) is 13.8 Å². The van der Waals surface area contributed by atoms with Crippen LogP contribution in [-0.2, 0) is 4.79 Å². The van der Waals surface area contributed by atoms with Crippen molar-refractivity contribution >= 4 is 11.6 Å². The number of halogens is 1. The second kappa shape index (κ2) is 6.17. The van der Waals surface area contributed by atoms with E-state index in [0.717, 1.165) is 0 Å². The average Bonchev–Trinajstić information content (AvgIpc) is 2.12. The average molecular weight is 185 g/mol. The Hall–Kier alpha value is -1.38. The smallest absolute Gasteiger partial charge is 0.221 e. The molecule has 0 aliphatic heterocycles. The normalized spacial score (nSPS) is 8.31. The Balaban J connectivity index is 0. The summed E-state index contributed by atoms with van der Waals surface area (Å²) in [5.41, 5.74) is 0.610. The van der Waals surface area contributed by atoms with Crippen molar-refractivity contribution in [1.82, 2.24) is 0 Å². The van der Waals surface area contributed by atoms with Crippen LogP contribution in [-0.4, -0.2) is 5.91 Å². The highest BCUT2D eigenvalue weighted by atomic mass is 19.1. The maximum atomic E-state index is 12.3. The third-order valence-electron chi connectivity index (χ3n) is 1.16. The van der Waals surface area contributed by atoms with Gasteiger partial charge < -0.3 is 5.32 Å². The van der Waals surface area contributed by atoms with Gasteiger partial charge in [-0.15, -0.1) is 0 Å². The molecule has 0 bridgehead atoms. The van der Waals surface area contributed by atoms with E-state index in [9.17, 15) is 9.18 Å². The predicted molar refractivity (Wildman–Crippen MR) is 54.2 cm³/mol. The van der Waals surface area contributed by atoms with Gasteiger partial charge in [-0.25, -0.2) is 4.39 Å². The van der Waals surface area contributed by atoms with Crippen LogP contribution in [0.15, 0.2) is 24.3 Å². The number of rotatable bonds is 1. The summed E-state index contributed by atoms with van der Waals surface area (Å²) < 4.78 is 12.3. The highest BCUT2D eigenvalue weighted by Gasteiger charge is 1.93. The van der Waals surface area contributed by atoms with Crippen LogP contribution in [0.3, 0.4) is 0 Å². The van der Waals surface area contributed by atoms with Crippen LogP contribution in [0.2, 0.25) is 0 Å². The van der Waals surface area contributed by atoms with Gasteiger partial charge in [-0.05, 0) is 24.3 Å². The zero-order valence-electron chi connectivity index (χ0n) is 8.10. The fourth-order valence-corrected chi connectivity index (χ4v) is 0.736. The van der Waals surface area contributed by atoms with Crippen molar-refractivity contribution in [2.75, 3.05) is 5.32 Å². The van der Waals surface area contributed by atoms with Crippen LogP contribution in [0, 0.1) is 5.82 Å². The SMILES string of the molecule is CC.CC(=O)Nc1ccc(F)cc1.[HH]. The van der Waals surface area contributed by atoms with E-state index in [1.54, 1.807) is 0 Å². The minimum absolute atomic E-state index is 0. The summed E-state index contributed by atoms with van der Waals surface area (Å²) >= 11 is 0. The Bertz CT molecular complexity index is 261. The maximum absolute atomic E-state index is 12.3. The molecule has 0 heterocycles. The largest absolute Gasteiger partial charge is 0.326 e. The summed E-state index contributed by atoms with van der Waals surface area (Å²) in [6, 6.07) is 5.62. The molecule has 2 nitrogen and oxygen atoms in total. The van der Waals surface area contributed by atoms with E-state index in [1.165, 1.54) is 31.2 Å². The topological polar surface area (TPSA) is 29.1 Å². The molecule has 1 aromatic carbocycles. The fourth-order valence-electron chi connectivity index (χ4n) is 0.736. The number of carbonyl (C=O) groups is 1. The maximum Gasteiger partial charge on any atom is 0.221 e. The van der Waals surface area contributed by atoms with Crippen molar-refractivity contribution in [3.8, 4) is 0 Å². The molecule has 0 unspecified atom stereocenters. The van der Waals surface area contributed by atoms with Gasteiger partial charge in [-0.3, -0.25) is 4.79 Å². The summed E-state index contributed by atoms with van der Waals surface area (Å²) in [6.07, 6.45) is 0. The number of hydrogen-bond acceptors (Lipinski definition) is 1. The highest BCUT2D eigenvalue weighted by molar-refractivity contribution is 5.88. The molecule has 3 heteroatoms. The van der Waals surface area contributed by atoms with Crippen molar-refractivity contribution in [3.05, 3.63) is 30.1 Å². The Morgan fingerprint density at radius 1 is 1.31 bits per heavy atom. The van der Waals surface area contributed by atoms with E-state index in [1.807, 2.05) is 13.8 Å². The molecule has 13 heavy (non-hydrogen) atoms. The Kier molecular flexibility index (Phi) is 5.52. The van der Waals surface area contributed by atoms with Crippen LogP contribution >= 0.6 is 0 Å². The van der Waals surface area contributed by atoms with E-state index in [-0.39, 0.29) is 13.2 Å². The van der Waals surface area contributed by atoms with Crippen LogP contribution in [0.4, 0.5) is 10.1 Å². The fraction of sp³-hybridized carbons (Fsp3) is 0.300. The van der Waals surface area contributed by atoms with E-state index in [0.29, 0.717) is 5.69 Å². The third-order valence-corrected chi connectivity index (χ3v) is 1.16. The van der Waals surface area contributed by atoms with Crippen molar-refractivity contribution < 1.29 is 10.6 Å². The third kappa shape index (κ3) is 4.95. The molecule has 1 aromatic rings. The first kappa shape index (κ1) is 11.6. The summed E-state index contributed by atoms with van der Waals surface area (Å²) in [5, 5.41) is 2.53. The second-order valence-corrected chi connectivity index (χ2v) is 2.19. The van der Waals surface area contributed by atoms with E-state index >= 15 is 0 Å². The zero-order valence-corrected chi connectivity index (χ0v) is 8.10. The van der Waals surface area contributed by atoms with Gasteiger partial charge in [0.05, 0.1) is 0 Å². The Labute approximate surface area is 79.3 Å². The molecule has 0 aliphatic carbocycles. The first-order chi connectivity index (χ1) is 6.18. The summed E-state index contributed by atoms with van der Waals surface area (Å²) in [4.78, 5) is 10.5. The van der Waals surface area contributed by atoms with E-state index in [2.05, 4.69) is 5.32 Å². The summed E-state index contributed by atoms with van der Waals surface area (Å²) in [5.74, 6) is -0.462. The van der Waals surface area contributed by atoms with E-state index in [4.69, 9.17) is 0 Å². The number of carbonyl (C=O) groups excluding carboxylic acids is 1. The minimum atomic E-state index is -0.306. The number of anilines is 1. The quantitative estimate of drug-likeness (QED) is 0.715. The highest BCUT2D eigenvalue weighted by Crippen LogP contribution is 2.07. The molecule has 0 atom stereocenters. The van der Waals surface area contributed by atoms with Crippen molar-refractivity contribution in [2.24, 2.45) is 0 Å². The van der Waals surface area contributed by atoms with Crippen molar-refractivity contribution in [2.45, 2.75) is 20.8 Å². The lowest BCUT2D eigenvalue weighted by Gasteiger charge is -1.99. The lowest BCUT2D eigenvalue weighted by atomic mass is 10.3. The molecular weight excluding hydrogens is 169 g/mol. The minimum Gasteiger partial charge on any atom is -0.326 e. The first-order valence-electron chi connectivity index (χ1n) is 4.21. The monoisotopic (exact) mass is 185 g/mol. The van der Waals surface area contributed by atoms with Crippen LogP contribution in [0.25, 0.3) is 0 Å². The molecule has 0 radical (unpaired) electrons. The van der Waals surface area contributed by atoms with Crippen LogP contribution in [0.1, 0.15) is 22.2 Å². The summed E-state index contributed by atoms with van der Waals surface area (Å²) in [7, 11) is 0.